The van der Waals surface area contributed by atoms with E-state index >= 15 is 0 Å². The summed E-state index contributed by atoms with van der Waals surface area (Å²) in [6, 6.07) is 19.6. The van der Waals surface area contributed by atoms with Gasteiger partial charge in [0.15, 0.2) is 0 Å². The van der Waals surface area contributed by atoms with E-state index in [1.165, 1.54) is 12.0 Å². The number of rotatable bonds is 6. The van der Waals surface area contributed by atoms with Crippen molar-refractivity contribution in [2.75, 3.05) is 51.8 Å². The molecule has 3 aromatic rings. The minimum atomic E-state index is -0.917. The maximum Gasteiger partial charge on any atom is 0.254 e. The van der Waals surface area contributed by atoms with Gasteiger partial charge >= 0.3 is 0 Å². The maximum absolute atomic E-state index is 13.9. The number of nitrogens with zero attached hydrogens (tertiary/aromatic N) is 1. The van der Waals surface area contributed by atoms with Gasteiger partial charge in [-0.05, 0) is 76.9 Å². The van der Waals surface area contributed by atoms with Crippen LogP contribution < -0.4 is 31.3 Å². The molecule has 0 aliphatic carbocycles. The lowest BCUT2D eigenvalue weighted by molar-refractivity contribution is -0.131. The molecule has 7 rings (SSSR count). The number of carbonyl (C=O) groups excluding carboxylic acids is 6. The van der Waals surface area contributed by atoms with Gasteiger partial charge in [-0.2, -0.15) is 0 Å². The molecular formula is C44H58N6O8. The van der Waals surface area contributed by atoms with Crippen molar-refractivity contribution in [3.63, 3.8) is 0 Å². The summed E-state index contributed by atoms with van der Waals surface area (Å²) in [5.41, 5.74) is 1.93. The van der Waals surface area contributed by atoms with Gasteiger partial charge in [0.1, 0.15) is 24.9 Å². The SMILES string of the molecule is COCCNC(=O)[C@@H]1Cc2ccc(cc2)NC(=O)CN(CCC(C)(C)C)C(=O)c2cccc(c2)CNC(=O)c2ccc(cc2)OCCNC(=O)CC(C)(C)CC(=O)N1. The van der Waals surface area contributed by atoms with Gasteiger partial charge in [0.05, 0.1) is 13.2 Å². The molecule has 4 aliphatic heterocycles. The van der Waals surface area contributed by atoms with Crippen molar-refractivity contribution in [3.05, 3.63) is 95.1 Å². The van der Waals surface area contributed by atoms with Gasteiger partial charge in [-0.15, -0.1) is 0 Å². The van der Waals surface area contributed by atoms with E-state index in [9.17, 15) is 28.8 Å². The van der Waals surface area contributed by atoms with Crippen LogP contribution in [0.4, 0.5) is 5.69 Å². The Balaban J connectivity index is 1.57. The lowest BCUT2D eigenvalue weighted by Crippen LogP contribution is -2.49. The first-order valence-corrected chi connectivity index (χ1v) is 19.6. The van der Waals surface area contributed by atoms with Crippen molar-refractivity contribution < 1.29 is 38.2 Å². The van der Waals surface area contributed by atoms with Gasteiger partial charge in [0.2, 0.25) is 23.6 Å². The van der Waals surface area contributed by atoms with Crippen molar-refractivity contribution in [1.29, 1.82) is 0 Å². The van der Waals surface area contributed by atoms with Crippen LogP contribution in [-0.4, -0.2) is 92.9 Å². The van der Waals surface area contributed by atoms with E-state index in [4.69, 9.17) is 9.47 Å². The largest absolute Gasteiger partial charge is 0.492 e. The van der Waals surface area contributed by atoms with Crippen LogP contribution in [0.5, 0.6) is 5.75 Å². The Morgan fingerprint density at radius 3 is 2.28 bits per heavy atom. The van der Waals surface area contributed by atoms with Gasteiger partial charge < -0.3 is 41.0 Å². The van der Waals surface area contributed by atoms with E-state index in [2.05, 4.69) is 47.4 Å². The highest BCUT2D eigenvalue weighted by atomic mass is 16.5. The Hall–Kier alpha value is -5.76. The zero-order chi connectivity index (χ0) is 42.3. The predicted molar refractivity (Wildman–Crippen MR) is 221 cm³/mol. The highest BCUT2D eigenvalue weighted by molar-refractivity contribution is 5.99. The van der Waals surface area contributed by atoms with Crippen LogP contribution in [0.2, 0.25) is 0 Å². The molecule has 14 nitrogen and oxygen atoms in total. The summed E-state index contributed by atoms with van der Waals surface area (Å²) in [5, 5.41) is 14.2. The van der Waals surface area contributed by atoms with Crippen LogP contribution in [0.15, 0.2) is 72.8 Å². The Labute approximate surface area is 341 Å². The molecular weight excluding hydrogens is 741 g/mol. The lowest BCUT2D eigenvalue weighted by Gasteiger charge is -2.27. The van der Waals surface area contributed by atoms with Crippen LogP contribution in [-0.2, 0) is 36.9 Å². The third-order valence-electron chi connectivity index (χ3n) is 9.40. The van der Waals surface area contributed by atoms with E-state index in [0.29, 0.717) is 42.1 Å². The molecule has 3 aromatic carbocycles. The molecule has 4 aliphatic rings. The molecule has 0 unspecified atom stereocenters. The second kappa shape index (κ2) is 21.1. The van der Waals surface area contributed by atoms with Crippen molar-refractivity contribution in [1.82, 2.24) is 26.2 Å². The third kappa shape index (κ3) is 15.3. The lowest BCUT2D eigenvalue weighted by atomic mass is 9.84. The maximum atomic E-state index is 13.9. The van der Waals surface area contributed by atoms with Crippen molar-refractivity contribution in [3.8, 4) is 5.75 Å². The Bertz CT molecular complexity index is 1890. The summed E-state index contributed by atoms with van der Waals surface area (Å²) in [7, 11) is 1.53. The summed E-state index contributed by atoms with van der Waals surface area (Å²) in [4.78, 5) is 81.2. The van der Waals surface area contributed by atoms with E-state index in [0.717, 1.165) is 11.1 Å². The molecule has 0 saturated heterocycles. The number of hydrogen-bond donors (Lipinski definition) is 5. The fraction of sp³-hybridized carbons (Fsp3) is 0.455. The summed E-state index contributed by atoms with van der Waals surface area (Å²) in [6.07, 6.45) is 0.878. The zero-order valence-corrected chi connectivity index (χ0v) is 34.5. The number of anilines is 1. The molecule has 5 N–H and O–H groups in total. The molecule has 0 radical (unpaired) electrons. The first kappa shape index (κ1) is 44.9. The number of carbonyl (C=O) groups is 6. The standard InChI is InChI=1S/C44H58N6O8/c1-43(2,3)18-21-50-29-39(53)48-34-14-10-30(11-15-34)25-36(41(55)46-19-22-57-6)49-38(52)27-44(4,5)26-37(51)45-20-23-58-35-16-12-32(13-17-35)40(54)47-28-31-8-7-9-33(24-31)42(50)56/h7-17,24,36H,18-23,25-29H2,1-6H3,(H,45,51)(H,46,55)(H,47,54)(H,48,53)(H,49,52)/t36-/m0/s1. The highest BCUT2D eigenvalue weighted by Gasteiger charge is 2.29. The normalized spacial score (nSPS) is 17.9. The molecule has 14 heteroatoms. The fourth-order valence-electron chi connectivity index (χ4n) is 6.25. The summed E-state index contributed by atoms with van der Waals surface area (Å²) in [5.74, 6) is -1.51. The summed E-state index contributed by atoms with van der Waals surface area (Å²) < 4.78 is 10.8. The van der Waals surface area contributed by atoms with Crippen LogP contribution in [0.1, 0.15) is 85.7 Å². The Morgan fingerprint density at radius 1 is 0.879 bits per heavy atom. The molecule has 0 aromatic heterocycles. The smallest absolute Gasteiger partial charge is 0.254 e. The molecule has 0 saturated carbocycles. The van der Waals surface area contributed by atoms with E-state index < -0.39 is 11.5 Å². The second-order valence-corrected chi connectivity index (χ2v) is 16.5. The van der Waals surface area contributed by atoms with Crippen LogP contribution in [0.3, 0.4) is 0 Å². The van der Waals surface area contributed by atoms with Crippen LogP contribution >= 0.6 is 0 Å². The molecule has 0 fully saturated rings. The molecule has 4 heterocycles. The molecule has 1 atom stereocenters. The van der Waals surface area contributed by atoms with Gasteiger partial charge in [-0.25, -0.2) is 0 Å². The monoisotopic (exact) mass is 798 g/mol. The zero-order valence-electron chi connectivity index (χ0n) is 34.5. The molecule has 58 heavy (non-hydrogen) atoms. The Kier molecular flexibility index (Phi) is 16.4. The van der Waals surface area contributed by atoms with E-state index in [1.807, 2.05) is 19.9 Å². The van der Waals surface area contributed by atoms with E-state index in [1.54, 1.807) is 66.7 Å². The topological polar surface area (TPSA) is 184 Å². The number of methoxy groups -OCH3 is 1. The van der Waals surface area contributed by atoms with Crippen molar-refractivity contribution in [2.24, 2.45) is 10.8 Å². The molecule has 312 valence electrons. The molecule has 6 amide bonds. The molecule has 0 spiro atoms. The fourth-order valence-corrected chi connectivity index (χ4v) is 6.25. The summed E-state index contributed by atoms with van der Waals surface area (Å²) >= 11 is 0. The number of benzene rings is 3. The summed E-state index contributed by atoms with van der Waals surface area (Å²) in [6.45, 7) is 11.1. The van der Waals surface area contributed by atoms with E-state index in [-0.39, 0.29) is 92.9 Å². The minimum absolute atomic E-state index is 0.00981. The predicted octanol–water partition coefficient (Wildman–Crippen LogP) is 4.24. The van der Waals surface area contributed by atoms with Gasteiger partial charge in [-0.1, -0.05) is 58.9 Å². The average Bonchev–Trinajstić information content (AvgIpc) is 3.16. The number of amides is 6. The quantitative estimate of drug-likeness (QED) is 0.230. The number of hydrogen-bond acceptors (Lipinski definition) is 8. The number of nitrogens with one attached hydrogen (secondary N) is 5. The third-order valence-corrected chi connectivity index (χ3v) is 9.40. The first-order chi connectivity index (χ1) is 27.5. The van der Waals surface area contributed by atoms with Crippen LogP contribution in [0.25, 0.3) is 0 Å². The van der Waals surface area contributed by atoms with Gasteiger partial charge in [-0.3, -0.25) is 28.8 Å². The average molecular weight is 799 g/mol. The number of ether oxygens (including phenoxy) is 2. The highest BCUT2D eigenvalue weighted by Crippen LogP contribution is 2.25. The molecule has 6 bridgehead atoms. The van der Waals surface area contributed by atoms with Crippen molar-refractivity contribution in [2.45, 2.75) is 72.9 Å². The Morgan fingerprint density at radius 2 is 1.59 bits per heavy atom. The minimum Gasteiger partial charge on any atom is -0.492 e. The van der Waals surface area contributed by atoms with Gasteiger partial charge in [0.25, 0.3) is 11.8 Å². The van der Waals surface area contributed by atoms with Gasteiger partial charge in [0, 0.05) is 62.8 Å². The second-order valence-electron chi connectivity index (χ2n) is 16.5. The van der Waals surface area contributed by atoms with Crippen molar-refractivity contribution >= 4 is 41.1 Å². The first-order valence-electron chi connectivity index (χ1n) is 19.6. The van der Waals surface area contributed by atoms with Crippen LogP contribution in [0, 0.1) is 10.8 Å².